The van der Waals surface area contributed by atoms with Crippen molar-refractivity contribution in [2.75, 3.05) is 26.7 Å². The number of carbonyl (C=O) groups is 2. The SMILES string of the molecule is CN1CCCC(CNC(=O)C2CCC(C(=O)O)O2)C1. The molecule has 2 fully saturated rings. The van der Waals surface area contributed by atoms with Gasteiger partial charge in [0.05, 0.1) is 0 Å². The lowest BCUT2D eigenvalue weighted by Gasteiger charge is -2.29. The minimum atomic E-state index is -0.982. The van der Waals surface area contributed by atoms with Crippen LogP contribution in [-0.2, 0) is 14.3 Å². The predicted octanol–water partition coefficient (Wildman–Crippen LogP) is 0.0766. The van der Waals surface area contributed by atoms with Gasteiger partial charge in [0.1, 0.15) is 6.10 Å². The Morgan fingerprint density at radius 1 is 1.32 bits per heavy atom. The Morgan fingerprint density at radius 3 is 2.68 bits per heavy atom. The normalized spacial score (nSPS) is 32.2. The average Bonchev–Trinajstić information content (AvgIpc) is 2.86. The number of rotatable bonds is 4. The minimum absolute atomic E-state index is 0.169. The number of amides is 1. The van der Waals surface area contributed by atoms with Crippen molar-refractivity contribution in [1.82, 2.24) is 10.2 Å². The highest BCUT2D eigenvalue weighted by Gasteiger charge is 2.34. The molecule has 2 N–H and O–H groups in total. The highest BCUT2D eigenvalue weighted by atomic mass is 16.5. The molecule has 1 amide bonds. The van der Waals surface area contributed by atoms with E-state index in [1.54, 1.807) is 0 Å². The predicted molar refractivity (Wildman–Crippen MR) is 68.8 cm³/mol. The second-order valence-electron chi connectivity index (χ2n) is 5.54. The number of aliphatic carboxylic acids is 1. The van der Waals surface area contributed by atoms with Gasteiger partial charge >= 0.3 is 5.97 Å². The van der Waals surface area contributed by atoms with Crippen LogP contribution in [0.15, 0.2) is 0 Å². The summed E-state index contributed by atoms with van der Waals surface area (Å²) in [4.78, 5) is 24.9. The van der Waals surface area contributed by atoms with Crippen LogP contribution in [0.4, 0.5) is 0 Å². The Kier molecular flexibility index (Phi) is 4.76. The third-order valence-electron chi connectivity index (χ3n) is 3.87. The summed E-state index contributed by atoms with van der Waals surface area (Å²) in [6, 6.07) is 0. The average molecular weight is 270 g/mol. The summed E-state index contributed by atoms with van der Waals surface area (Å²) in [5.74, 6) is -0.666. The van der Waals surface area contributed by atoms with E-state index in [0.717, 1.165) is 25.9 Å². The lowest BCUT2D eigenvalue weighted by atomic mass is 9.98. The van der Waals surface area contributed by atoms with Crippen LogP contribution >= 0.6 is 0 Å². The first kappa shape index (κ1) is 14.3. The van der Waals surface area contributed by atoms with Crippen LogP contribution in [0.2, 0.25) is 0 Å². The van der Waals surface area contributed by atoms with Crippen molar-refractivity contribution in [1.29, 1.82) is 0 Å². The number of carboxylic acid groups (broad SMARTS) is 1. The number of hydrogen-bond donors (Lipinski definition) is 2. The smallest absolute Gasteiger partial charge is 0.332 e. The number of carbonyl (C=O) groups excluding carboxylic acids is 1. The van der Waals surface area contributed by atoms with E-state index < -0.39 is 18.2 Å². The highest BCUT2D eigenvalue weighted by molar-refractivity contribution is 5.82. The molecule has 0 aromatic rings. The van der Waals surface area contributed by atoms with Gasteiger partial charge in [-0.1, -0.05) is 0 Å². The second-order valence-corrected chi connectivity index (χ2v) is 5.54. The number of ether oxygens (including phenoxy) is 1. The molecular weight excluding hydrogens is 248 g/mol. The summed E-state index contributed by atoms with van der Waals surface area (Å²) in [7, 11) is 2.09. The Morgan fingerprint density at radius 2 is 2.05 bits per heavy atom. The van der Waals surface area contributed by atoms with Crippen molar-refractivity contribution < 1.29 is 19.4 Å². The number of carboxylic acids is 1. The van der Waals surface area contributed by atoms with Gasteiger partial charge in [-0.2, -0.15) is 0 Å². The second kappa shape index (κ2) is 6.34. The molecule has 19 heavy (non-hydrogen) atoms. The van der Waals surface area contributed by atoms with E-state index in [0.29, 0.717) is 25.3 Å². The molecule has 0 aromatic heterocycles. The number of hydrogen-bond acceptors (Lipinski definition) is 4. The third kappa shape index (κ3) is 3.91. The summed E-state index contributed by atoms with van der Waals surface area (Å²) in [5.41, 5.74) is 0. The van der Waals surface area contributed by atoms with Gasteiger partial charge < -0.3 is 20.1 Å². The molecule has 3 unspecified atom stereocenters. The van der Waals surface area contributed by atoms with Gasteiger partial charge in [0, 0.05) is 13.1 Å². The van der Waals surface area contributed by atoms with Crippen molar-refractivity contribution in [3.63, 3.8) is 0 Å². The molecule has 3 atom stereocenters. The Labute approximate surface area is 113 Å². The maximum Gasteiger partial charge on any atom is 0.332 e. The highest BCUT2D eigenvalue weighted by Crippen LogP contribution is 2.20. The molecule has 2 rings (SSSR count). The van der Waals surface area contributed by atoms with E-state index in [2.05, 4.69) is 17.3 Å². The standard InChI is InChI=1S/C13H22N2O4/c1-15-6-2-3-9(8-15)7-14-12(16)10-4-5-11(19-10)13(17)18/h9-11H,2-8H2,1H3,(H,14,16)(H,17,18). The molecule has 0 bridgehead atoms. The molecule has 6 heteroatoms. The van der Waals surface area contributed by atoms with Crippen LogP contribution in [0.25, 0.3) is 0 Å². The Bertz CT molecular complexity index is 348. The molecule has 2 saturated heterocycles. The molecule has 0 saturated carbocycles. The summed E-state index contributed by atoms with van der Waals surface area (Å²) in [5, 5.41) is 11.7. The summed E-state index contributed by atoms with van der Waals surface area (Å²) in [6.07, 6.45) is 1.79. The number of likely N-dealkylation sites (tertiary alicyclic amines) is 1. The lowest BCUT2D eigenvalue weighted by Crippen LogP contribution is -2.42. The molecule has 0 aromatic carbocycles. The van der Waals surface area contributed by atoms with Crippen LogP contribution in [0.5, 0.6) is 0 Å². The summed E-state index contributed by atoms with van der Waals surface area (Å²) in [6.45, 7) is 2.78. The zero-order valence-corrected chi connectivity index (χ0v) is 11.3. The minimum Gasteiger partial charge on any atom is -0.479 e. The van der Waals surface area contributed by atoms with E-state index in [-0.39, 0.29) is 5.91 Å². The van der Waals surface area contributed by atoms with E-state index in [1.807, 2.05) is 0 Å². The molecule has 0 radical (unpaired) electrons. The van der Waals surface area contributed by atoms with Gasteiger partial charge in [-0.3, -0.25) is 4.79 Å². The molecule has 0 spiro atoms. The van der Waals surface area contributed by atoms with E-state index in [9.17, 15) is 9.59 Å². The summed E-state index contributed by atoms with van der Waals surface area (Å²) < 4.78 is 5.22. The molecule has 2 aliphatic heterocycles. The fourth-order valence-electron chi connectivity index (χ4n) is 2.81. The Hall–Kier alpha value is -1.14. The zero-order valence-electron chi connectivity index (χ0n) is 11.3. The number of nitrogens with one attached hydrogen (secondary N) is 1. The number of nitrogens with zero attached hydrogens (tertiary/aromatic N) is 1. The number of piperidine rings is 1. The van der Waals surface area contributed by atoms with E-state index in [1.165, 1.54) is 0 Å². The van der Waals surface area contributed by atoms with Crippen molar-refractivity contribution in [3.8, 4) is 0 Å². The van der Waals surface area contributed by atoms with Gasteiger partial charge in [-0.25, -0.2) is 4.79 Å². The maximum absolute atomic E-state index is 11.9. The van der Waals surface area contributed by atoms with Crippen LogP contribution in [-0.4, -0.2) is 60.8 Å². The van der Waals surface area contributed by atoms with Crippen LogP contribution in [0, 0.1) is 5.92 Å². The quantitative estimate of drug-likeness (QED) is 0.756. The lowest BCUT2D eigenvalue weighted by molar-refractivity contribution is -0.151. The van der Waals surface area contributed by atoms with Crippen LogP contribution in [0.1, 0.15) is 25.7 Å². The fourth-order valence-corrected chi connectivity index (χ4v) is 2.81. The Balaban J connectivity index is 1.71. The first-order chi connectivity index (χ1) is 9.06. The van der Waals surface area contributed by atoms with Crippen molar-refractivity contribution in [2.24, 2.45) is 5.92 Å². The van der Waals surface area contributed by atoms with Gasteiger partial charge in [0.2, 0.25) is 5.91 Å². The molecule has 2 aliphatic rings. The first-order valence-corrected chi connectivity index (χ1v) is 6.91. The molecule has 0 aliphatic carbocycles. The monoisotopic (exact) mass is 270 g/mol. The van der Waals surface area contributed by atoms with Gasteiger partial charge in [0.25, 0.3) is 0 Å². The largest absolute Gasteiger partial charge is 0.479 e. The van der Waals surface area contributed by atoms with Gasteiger partial charge in [-0.05, 0) is 45.2 Å². The van der Waals surface area contributed by atoms with Crippen molar-refractivity contribution in [3.05, 3.63) is 0 Å². The van der Waals surface area contributed by atoms with E-state index >= 15 is 0 Å². The van der Waals surface area contributed by atoms with Crippen LogP contribution in [0.3, 0.4) is 0 Å². The van der Waals surface area contributed by atoms with Crippen LogP contribution < -0.4 is 5.32 Å². The van der Waals surface area contributed by atoms with Crippen molar-refractivity contribution in [2.45, 2.75) is 37.9 Å². The van der Waals surface area contributed by atoms with E-state index in [4.69, 9.17) is 9.84 Å². The van der Waals surface area contributed by atoms with Crippen molar-refractivity contribution >= 4 is 11.9 Å². The topological polar surface area (TPSA) is 78.9 Å². The molecule has 2 heterocycles. The first-order valence-electron chi connectivity index (χ1n) is 6.91. The maximum atomic E-state index is 11.9. The zero-order chi connectivity index (χ0) is 13.8. The molecule has 6 nitrogen and oxygen atoms in total. The fraction of sp³-hybridized carbons (Fsp3) is 0.846. The van der Waals surface area contributed by atoms with Gasteiger partial charge in [0.15, 0.2) is 6.10 Å². The van der Waals surface area contributed by atoms with Gasteiger partial charge in [-0.15, -0.1) is 0 Å². The third-order valence-corrected chi connectivity index (χ3v) is 3.87. The molecule has 108 valence electrons. The molecular formula is C13H22N2O4. The summed E-state index contributed by atoms with van der Waals surface area (Å²) >= 11 is 0.